The maximum Gasteiger partial charge on any atom is 0.120 e. The average molecular weight is 238 g/mol. The second kappa shape index (κ2) is 7.60. The fourth-order valence-electron chi connectivity index (χ4n) is 1.24. The molecule has 1 aromatic rings. The van der Waals surface area contributed by atoms with Crippen molar-refractivity contribution in [1.82, 2.24) is 5.32 Å². The fraction of sp³-hybridized carbons (Fsp3) is 0.417. The van der Waals surface area contributed by atoms with Crippen LogP contribution in [0.15, 0.2) is 24.3 Å². The van der Waals surface area contributed by atoms with E-state index in [0.717, 1.165) is 0 Å². The Morgan fingerprint density at radius 2 is 2.35 bits per heavy atom. The van der Waals surface area contributed by atoms with Gasteiger partial charge in [0.15, 0.2) is 0 Å². The van der Waals surface area contributed by atoms with Crippen LogP contribution in [0.2, 0.25) is 0 Å². The van der Waals surface area contributed by atoms with Gasteiger partial charge < -0.3 is 15.2 Å². The zero-order valence-electron chi connectivity index (χ0n) is 9.40. The molecule has 1 atom stereocenters. The number of alkyl halides is 1. The molecule has 0 aliphatic rings. The predicted molar refractivity (Wildman–Crippen MR) is 61.5 cm³/mol. The van der Waals surface area contributed by atoms with Crippen LogP contribution in [0.4, 0.5) is 4.39 Å². The molecule has 0 heterocycles. The summed E-state index contributed by atoms with van der Waals surface area (Å²) in [6.45, 7) is 0.148. The van der Waals surface area contributed by atoms with Crippen molar-refractivity contribution in [3.63, 3.8) is 0 Å². The van der Waals surface area contributed by atoms with Crippen molar-refractivity contribution in [1.29, 1.82) is 5.26 Å². The molecule has 5 heteroatoms. The first-order valence-electron chi connectivity index (χ1n) is 5.34. The molecule has 92 valence electrons. The maximum absolute atomic E-state index is 11.8. The van der Waals surface area contributed by atoms with E-state index in [1.54, 1.807) is 24.3 Å². The number of nitrogens with one attached hydrogen (secondary N) is 1. The van der Waals surface area contributed by atoms with Crippen molar-refractivity contribution in [2.24, 2.45) is 0 Å². The molecule has 0 saturated carbocycles. The lowest BCUT2D eigenvalue weighted by atomic mass is 10.2. The van der Waals surface area contributed by atoms with E-state index in [-0.39, 0.29) is 19.7 Å². The average Bonchev–Trinajstić information content (AvgIpc) is 2.37. The number of benzene rings is 1. The Kier molecular flexibility index (Phi) is 6.00. The van der Waals surface area contributed by atoms with Crippen molar-refractivity contribution in [3.8, 4) is 11.8 Å². The highest BCUT2D eigenvalue weighted by molar-refractivity contribution is 5.36. The van der Waals surface area contributed by atoms with Gasteiger partial charge in [0, 0.05) is 13.1 Å². The SMILES string of the molecule is N#Cc1cccc(OCC(O)CNCCF)c1. The van der Waals surface area contributed by atoms with Gasteiger partial charge in [-0.05, 0) is 18.2 Å². The molecule has 0 saturated heterocycles. The highest BCUT2D eigenvalue weighted by Gasteiger charge is 2.04. The summed E-state index contributed by atoms with van der Waals surface area (Å²) < 4.78 is 17.1. The molecule has 1 rings (SSSR count). The largest absolute Gasteiger partial charge is 0.491 e. The minimum atomic E-state index is -0.702. The van der Waals surface area contributed by atoms with Gasteiger partial charge in [0.05, 0.1) is 11.6 Å². The molecule has 0 spiro atoms. The van der Waals surface area contributed by atoms with E-state index in [2.05, 4.69) is 5.32 Å². The van der Waals surface area contributed by atoms with Crippen molar-refractivity contribution in [2.45, 2.75) is 6.10 Å². The van der Waals surface area contributed by atoms with Crippen LogP contribution in [0, 0.1) is 11.3 Å². The minimum absolute atomic E-state index is 0.105. The molecule has 2 N–H and O–H groups in total. The molecule has 0 aliphatic carbocycles. The Morgan fingerprint density at radius 1 is 1.53 bits per heavy atom. The Hall–Kier alpha value is -1.64. The van der Waals surface area contributed by atoms with Crippen LogP contribution in [-0.4, -0.2) is 37.6 Å². The number of aliphatic hydroxyl groups excluding tert-OH is 1. The van der Waals surface area contributed by atoms with Gasteiger partial charge in [0.25, 0.3) is 0 Å². The van der Waals surface area contributed by atoms with Crippen LogP contribution < -0.4 is 10.1 Å². The summed E-state index contributed by atoms with van der Waals surface area (Å²) in [6.07, 6.45) is -0.702. The van der Waals surface area contributed by atoms with Gasteiger partial charge in [-0.3, -0.25) is 0 Å². The first kappa shape index (κ1) is 13.4. The summed E-state index contributed by atoms with van der Waals surface area (Å²) in [5, 5.41) is 20.9. The minimum Gasteiger partial charge on any atom is -0.491 e. The van der Waals surface area contributed by atoms with Crippen LogP contribution in [0.25, 0.3) is 0 Å². The summed E-state index contributed by atoms with van der Waals surface area (Å²) in [7, 11) is 0. The Bertz CT molecular complexity index is 379. The highest BCUT2D eigenvalue weighted by Crippen LogP contribution is 2.12. The van der Waals surface area contributed by atoms with Crippen molar-refractivity contribution in [2.75, 3.05) is 26.4 Å². The molecule has 0 bridgehead atoms. The number of aliphatic hydroxyl groups is 1. The number of halogens is 1. The molecule has 1 aromatic carbocycles. The summed E-state index contributed by atoms with van der Waals surface area (Å²) in [5.74, 6) is 0.536. The van der Waals surface area contributed by atoms with Gasteiger partial charge in [-0.25, -0.2) is 4.39 Å². The van der Waals surface area contributed by atoms with Gasteiger partial charge >= 0.3 is 0 Å². The number of ether oxygens (including phenoxy) is 1. The summed E-state index contributed by atoms with van der Waals surface area (Å²) in [6, 6.07) is 8.69. The summed E-state index contributed by atoms with van der Waals surface area (Å²) >= 11 is 0. The summed E-state index contributed by atoms with van der Waals surface area (Å²) in [5.41, 5.74) is 0.507. The van der Waals surface area contributed by atoms with Crippen LogP contribution >= 0.6 is 0 Å². The van der Waals surface area contributed by atoms with Crippen LogP contribution in [0.1, 0.15) is 5.56 Å². The highest BCUT2D eigenvalue weighted by atomic mass is 19.1. The van der Waals surface area contributed by atoms with Gasteiger partial charge in [0.1, 0.15) is 25.1 Å². The number of nitrogens with zero attached hydrogens (tertiary/aromatic N) is 1. The van der Waals surface area contributed by atoms with Crippen molar-refractivity contribution >= 4 is 0 Å². The first-order valence-corrected chi connectivity index (χ1v) is 5.34. The third kappa shape index (κ3) is 5.29. The van der Waals surface area contributed by atoms with Crippen LogP contribution in [0.3, 0.4) is 0 Å². The van der Waals surface area contributed by atoms with Crippen molar-refractivity contribution < 1.29 is 14.2 Å². The molecule has 0 aliphatic heterocycles. The van der Waals surface area contributed by atoms with Gasteiger partial charge in [0.2, 0.25) is 0 Å². The Labute approximate surface area is 99.6 Å². The van der Waals surface area contributed by atoms with Gasteiger partial charge in [-0.1, -0.05) is 6.07 Å². The predicted octanol–water partition coefficient (Wildman–Crippen LogP) is 0.857. The molecule has 0 amide bonds. The Balaban J connectivity index is 2.32. The molecular weight excluding hydrogens is 223 g/mol. The van der Waals surface area contributed by atoms with E-state index >= 15 is 0 Å². The third-order valence-corrected chi connectivity index (χ3v) is 2.06. The molecule has 1 unspecified atom stereocenters. The monoisotopic (exact) mass is 238 g/mol. The van der Waals surface area contributed by atoms with E-state index in [1.807, 2.05) is 6.07 Å². The molecule has 4 nitrogen and oxygen atoms in total. The van der Waals surface area contributed by atoms with E-state index in [9.17, 15) is 9.50 Å². The topological polar surface area (TPSA) is 65.3 Å². The fourth-order valence-corrected chi connectivity index (χ4v) is 1.24. The zero-order chi connectivity index (χ0) is 12.5. The lowest BCUT2D eigenvalue weighted by Gasteiger charge is -2.12. The molecule has 0 aromatic heterocycles. The first-order chi connectivity index (χ1) is 8.26. The molecular formula is C12H15FN2O2. The van der Waals surface area contributed by atoms with Gasteiger partial charge in [-0.2, -0.15) is 5.26 Å². The number of nitriles is 1. The third-order valence-electron chi connectivity index (χ3n) is 2.06. The van der Waals surface area contributed by atoms with Crippen molar-refractivity contribution in [3.05, 3.63) is 29.8 Å². The molecule has 0 fully saturated rings. The van der Waals surface area contributed by atoms with Crippen LogP contribution in [-0.2, 0) is 0 Å². The smallest absolute Gasteiger partial charge is 0.120 e. The second-order valence-corrected chi connectivity index (χ2v) is 3.50. The van der Waals surface area contributed by atoms with Crippen LogP contribution in [0.5, 0.6) is 5.75 Å². The maximum atomic E-state index is 11.8. The zero-order valence-corrected chi connectivity index (χ0v) is 9.40. The lowest BCUT2D eigenvalue weighted by Crippen LogP contribution is -2.32. The number of hydrogen-bond acceptors (Lipinski definition) is 4. The second-order valence-electron chi connectivity index (χ2n) is 3.50. The molecule has 0 radical (unpaired) electrons. The van der Waals surface area contributed by atoms with E-state index in [1.165, 1.54) is 0 Å². The lowest BCUT2D eigenvalue weighted by molar-refractivity contribution is 0.106. The van der Waals surface area contributed by atoms with E-state index in [4.69, 9.17) is 10.00 Å². The number of hydrogen-bond donors (Lipinski definition) is 2. The molecule has 17 heavy (non-hydrogen) atoms. The van der Waals surface area contributed by atoms with E-state index < -0.39 is 12.8 Å². The van der Waals surface area contributed by atoms with E-state index in [0.29, 0.717) is 11.3 Å². The Morgan fingerprint density at radius 3 is 3.06 bits per heavy atom. The standard InChI is InChI=1S/C12H15FN2O2/c13-4-5-15-8-11(16)9-17-12-3-1-2-10(6-12)7-14/h1-3,6,11,15-16H,4-5,8-9H2. The van der Waals surface area contributed by atoms with Gasteiger partial charge in [-0.15, -0.1) is 0 Å². The quantitative estimate of drug-likeness (QED) is 0.691. The number of rotatable bonds is 7. The summed E-state index contributed by atoms with van der Waals surface area (Å²) in [4.78, 5) is 0. The normalized spacial score (nSPS) is 11.8.